The van der Waals surface area contributed by atoms with E-state index in [1.165, 1.54) is 12.8 Å². The van der Waals surface area contributed by atoms with Crippen LogP contribution in [0.2, 0.25) is 10.0 Å². The first-order valence-corrected chi connectivity index (χ1v) is 7.93. The molecule has 5 heteroatoms. The smallest absolute Gasteiger partial charge is 0.0929 e. The van der Waals surface area contributed by atoms with Gasteiger partial charge in [0.1, 0.15) is 0 Å². The molecule has 1 aliphatic rings. The average Bonchev–Trinajstić information content (AvgIpc) is 3.13. The van der Waals surface area contributed by atoms with Gasteiger partial charge in [-0.15, -0.1) is 0 Å². The van der Waals surface area contributed by atoms with Gasteiger partial charge in [0.25, 0.3) is 0 Å². The van der Waals surface area contributed by atoms with Gasteiger partial charge < -0.3 is 10.4 Å². The van der Waals surface area contributed by atoms with Gasteiger partial charge in [-0.05, 0) is 37.3 Å². The van der Waals surface area contributed by atoms with Crippen molar-refractivity contribution >= 4 is 35.0 Å². The Bertz CT molecular complexity index is 423. The highest BCUT2D eigenvalue weighted by molar-refractivity contribution is 8.00. The largest absolute Gasteiger partial charge is 0.387 e. The van der Waals surface area contributed by atoms with Crippen molar-refractivity contribution in [1.29, 1.82) is 0 Å². The molecule has 0 aromatic heterocycles. The van der Waals surface area contributed by atoms with Gasteiger partial charge in [0.15, 0.2) is 0 Å². The highest BCUT2D eigenvalue weighted by Gasteiger charge is 2.41. The Labute approximate surface area is 122 Å². The van der Waals surface area contributed by atoms with Crippen LogP contribution in [0.1, 0.15) is 24.5 Å². The first-order valence-electron chi connectivity index (χ1n) is 5.95. The van der Waals surface area contributed by atoms with Crippen molar-refractivity contribution < 1.29 is 5.11 Å². The summed E-state index contributed by atoms with van der Waals surface area (Å²) in [5.74, 6) is 0. The van der Waals surface area contributed by atoms with Gasteiger partial charge in [-0.2, -0.15) is 11.8 Å². The molecule has 1 aliphatic carbocycles. The predicted octanol–water partition coefficient (Wildman–Crippen LogP) is 3.51. The molecule has 2 nitrogen and oxygen atoms in total. The molecule has 0 radical (unpaired) electrons. The van der Waals surface area contributed by atoms with Crippen molar-refractivity contribution in [2.45, 2.75) is 23.7 Å². The van der Waals surface area contributed by atoms with E-state index in [0.717, 1.165) is 6.54 Å². The SMILES string of the molecule is CSC1(CNCC(O)c2cc(Cl)ccc2Cl)CC1. The molecule has 1 aromatic carbocycles. The topological polar surface area (TPSA) is 32.3 Å². The number of thioether (sulfide) groups is 1. The second kappa shape index (κ2) is 6.02. The monoisotopic (exact) mass is 305 g/mol. The molecule has 1 fully saturated rings. The quantitative estimate of drug-likeness (QED) is 0.843. The van der Waals surface area contributed by atoms with Gasteiger partial charge >= 0.3 is 0 Å². The lowest BCUT2D eigenvalue weighted by molar-refractivity contribution is 0.175. The summed E-state index contributed by atoms with van der Waals surface area (Å²) in [6.45, 7) is 1.44. The normalized spacial score (nSPS) is 18.7. The summed E-state index contributed by atoms with van der Waals surface area (Å²) in [7, 11) is 0. The summed E-state index contributed by atoms with van der Waals surface area (Å²) in [5.41, 5.74) is 0.686. The van der Waals surface area contributed by atoms with Crippen molar-refractivity contribution in [3.8, 4) is 0 Å². The maximum atomic E-state index is 10.1. The van der Waals surface area contributed by atoms with Crippen LogP contribution in [0.4, 0.5) is 0 Å². The number of hydrogen-bond acceptors (Lipinski definition) is 3. The average molecular weight is 306 g/mol. The number of aliphatic hydroxyl groups excluding tert-OH is 1. The Morgan fingerprint density at radius 1 is 1.44 bits per heavy atom. The van der Waals surface area contributed by atoms with Gasteiger partial charge in [0, 0.05) is 33.4 Å². The zero-order valence-corrected chi connectivity index (χ0v) is 12.6. The molecular formula is C13H17Cl2NOS. The number of rotatable bonds is 6. The van der Waals surface area contributed by atoms with Gasteiger partial charge in [-0.1, -0.05) is 23.2 Å². The lowest BCUT2D eigenvalue weighted by Gasteiger charge is -2.17. The van der Waals surface area contributed by atoms with E-state index in [4.69, 9.17) is 23.2 Å². The fraction of sp³-hybridized carbons (Fsp3) is 0.538. The molecule has 0 spiro atoms. The Morgan fingerprint density at radius 2 is 2.17 bits per heavy atom. The molecule has 2 N–H and O–H groups in total. The van der Waals surface area contributed by atoms with E-state index in [1.807, 2.05) is 11.8 Å². The summed E-state index contributed by atoms with van der Waals surface area (Å²) in [6.07, 6.45) is 4.04. The highest BCUT2D eigenvalue weighted by atomic mass is 35.5. The number of halogens is 2. The molecule has 0 aliphatic heterocycles. The van der Waals surface area contributed by atoms with E-state index in [1.54, 1.807) is 18.2 Å². The zero-order valence-electron chi connectivity index (χ0n) is 10.2. The standard InChI is InChI=1S/C13H17Cl2NOS/c1-18-13(4-5-13)8-16-7-12(17)10-6-9(14)2-3-11(10)15/h2-3,6,12,16-17H,4-5,7-8H2,1H3. The number of nitrogens with one attached hydrogen (secondary N) is 1. The molecule has 1 atom stereocenters. The van der Waals surface area contributed by atoms with Crippen molar-refractivity contribution in [2.75, 3.05) is 19.3 Å². The lowest BCUT2D eigenvalue weighted by Crippen LogP contribution is -2.29. The van der Waals surface area contributed by atoms with Crippen LogP contribution in [0.3, 0.4) is 0 Å². The van der Waals surface area contributed by atoms with Crippen molar-refractivity contribution in [3.05, 3.63) is 33.8 Å². The fourth-order valence-electron chi connectivity index (χ4n) is 1.91. The van der Waals surface area contributed by atoms with E-state index < -0.39 is 6.10 Å². The minimum atomic E-state index is -0.617. The molecule has 100 valence electrons. The van der Waals surface area contributed by atoms with Crippen molar-refractivity contribution in [1.82, 2.24) is 5.32 Å². The summed E-state index contributed by atoms with van der Waals surface area (Å²) in [6, 6.07) is 5.16. The second-order valence-corrected chi connectivity index (χ2v) is 6.82. The zero-order chi connectivity index (χ0) is 13.2. The van der Waals surface area contributed by atoms with Crippen LogP contribution < -0.4 is 5.32 Å². The molecule has 0 heterocycles. The molecule has 18 heavy (non-hydrogen) atoms. The minimum absolute atomic E-state index is 0.401. The van der Waals surface area contributed by atoms with E-state index in [9.17, 15) is 5.11 Å². The molecule has 0 saturated heterocycles. The van der Waals surface area contributed by atoms with Crippen LogP contribution in [0.25, 0.3) is 0 Å². The van der Waals surface area contributed by atoms with E-state index in [-0.39, 0.29) is 0 Å². The second-order valence-electron chi connectivity index (χ2n) is 4.70. The number of aliphatic hydroxyl groups is 1. The Balaban J connectivity index is 1.87. The predicted molar refractivity (Wildman–Crippen MR) is 79.8 cm³/mol. The number of hydrogen-bond donors (Lipinski definition) is 2. The Hall–Kier alpha value is 0.0700. The van der Waals surface area contributed by atoms with Crippen LogP contribution in [-0.2, 0) is 0 Å². The molecule has 1 unspecified atom stereocenters. The molecule has 0 amide bonds. The number of benzene rings is 1. The van der Waals surface area contributed by atoms with Crippen molar-refractivity contribution in [2.24, 2.45) is 0 Å². The third-order valence-corrected chi connectivity index (χ3v) is 5.34. The third-order valence-electron chi connectivity index (χ3n) is 3.34. The first kappa shape index (κ1) is 14.5. The van der Waals surface area contributed by atoms with Crippen LogP contribution in [0.15, 0.2) is 18.2 Å². The van der Waals surface area contributed by atoms with Crippen molar-refractivity contribution in [3.63, 3.8) is 0 Å². The molecule has 0 bridgehead atoms. The van der Waals surface area contributed by atoms with Gasteiger partial charge in [0.05, 0.1) is 6.10 Å². The van der Waals surface area contributed by atoms with E-state index in [0.29, 0.717) is 26.9 Å². The lowest BCUT2D eigenvalue weighted by atomic mass is 10.1. The Kier molecular flexibility index (Phi) is 4.84. The highest BCUT2D eigenvalue weighted by Crippen LogP contribution is 2.46. The van der Waals surface area contributed by atoms with Crippen LogP contribution in [0, 0.1) is 0 Å². The maximum absolute atomic E-state index is 10.1. The third kappa shape index (κ3) is 3.55. The fourth-order valence-corrected chi connectivity index (χ4v) is 3.09. The van der Waals surface area contributed by atoms with Gasteiger partial charge in [-0.25, -0.2) is 0 Å². The summed E-state index contributed by atoms with van der Waals surface area (Å²) < 4.78 is 0.401. The van der Waals surface area contributed by atoms with Gasteiger partial charge in [0.2, 0.25) is 0 Å². The molecular weight excluding hydrogens is 289 g/mol. The van der Waals surface area contributed by atoms with Gasteiger partial charge in [-0.3, -0.25) is 0 Å². The summed E-state index contributed by atoms with van der Waals surface area (Å²) >= 11 is 13.9. The minimum Gasteiger partial charge on any atom is -0.387 e. The summed E-state index contributed by atoms with van der Waals surface area (Å²) in [4.78, 5) is 0. The van der Waals surface area contributed by atoms with Crippen LogP contribution in [-0.4, -0.2) is 29.2 Å². The molecule has 2 rings (SSSR count). The van der Waals surface area contributed by atoms with E-state index >= 15 is 0 Å². The van der Waals surface area contributed by atoms with E-state index in [2.05, 4.69) is 11.6 Å². The Morgan fingerprint density at radius 3 is 2.78 bits per heavy atom. The summed E-state index contributed by atoms with van der Waals surface area (Å²) in [5, 5.41) is 14.6. The first-order chi connectivity index (χ1) is 8.56. The molecule has 1 saturated carbocycles. The van der Waals surface area contributed by atoms with Crippen LogP contribution >= 0.6 is 35.0 Å². The maximum Gasteiger partial charge on any atom is 0.0929 e. The van der Waals surface area contributed by atoms with Crippen LogP contribution in [0.5, 0.6) is 0 Å². The molecule has 1 aromatic rings.